The predicted molar refractivity (Wildman–Crippen MR) is 149 cm³/mol. The molecule has 6 nitrogen and oxygen atoms in total. The van der Waals surface area contributed by atoms with Crippen LogP contribution in [0.15, 0.2) is 77.7 Å². The Morgan fingerprint density at radius 1 is 0.930 bits per heavy atom. The van der Waals surface area contributed by atoms with Crippen molar-refractivity contribution in [2.75, 3.05) is 30.4 Å². The zero-order valence-corrected chi connectivity index (χ0v) is 23.9. The van der Waals surface area contributed by atoms with E-state index in [0.29, 0.717) is 35.3 Å². The maximum Gasteiger partial charge on any atom is 0.416 e. The second-order valence-electron chi connectivity index (χ2n) is 10.3. The van der Waals surface area contributed by atoms with E-state index < -0.39 is 40.4 Å². The van der Waals surface area contributed by atoms with Gasteiger partial charge < -0.3 is 15.0 Å². The van der Waals surface area contributed by atoms with Crippen LogP contribution in [0.2, 0.25) is 0 Å². The van der Waals surface area contributed by atoms with Gasteiger partial charge in [0, 0.05) is 30.3 Å². The predicted octanol–water partition coefficient (Wildman–Crippen LogP) is 6.37. The summed E-state index contributed by atoms with van der Waals surface area (Å²) in [6.07, 6.45) is -8.62. The lowest BCUT2D eigenvalue weighted by Crippen LogP contribution is -2.34. The van der Waals surface area contributed by atoms with Crippen molar-refractivity contribution in [3.8, 4) is 0 Å². The number of ether oxygens (including phenoxy) is 1. The van der Waals surface area contributed by atoms with Crippen LogP contribution in [0.25, 0.3) is 0 Å². The van der Waals surface area contributed by atoms with Crippen molar-refractivity contribution < 1.29 is 44.3 Å². The monoisotopic (exact) mass is 628 g/mol. The van der Waals surface area contributed by atoms with Crippen LogP contribution in [0.5, 0.6) is 0 Å². The molecule has 1 N–H and O–H groups in total. The number of anilines is 1. The summed E-state index contributed by atoms with van der Waals surface area (Å²) in [5.74, 6) is -0.651. The number of nitrogens with one attached hydrogen (secondary N) is 1. The topological polar surface area (TPSA) is 75.7 Å². The molecule has 0 radical (unpaired) electrons. The van der Waals surface area contributed by atoms with Crippen molar-refractivity contribution in [1.82, 2.24) is 5.32 Å². The van der Waals surface area contributed by atoms with Crippen LogP contribution in [0.4, 0.5) is 32.0 Å². The molecule has 1 heterocycles. The summed E-state index contributed by atoms with van der Waals surface area (Å²) in [4.78, 5) is 14.8. The van der Waals surface area contributed by atoms with E-state index in [1.54, 1.807) is 43.3 Å². The summed E-state index contributed by atoms with van der Waals surface area (Å²) in [6.45, 7) is 0.390. The lowest BCUT2D eigenvalue weighted by atomic mass is 9.95. The van der Waals surface area contributed by atoms with E-state index in [1.807, 2.05) is 4.90 Å². The highest BCUT2D eigenvalue weighted by atomic mass is 32.2. The van der Waals surface area contributed by atoms with Gasteiger partial charge in [0.2, 0.25) is 0 Å². The van der Waals surface area contributed by atoms with Crippen LogP contribution in [0, 0.1) is 0 Å². The Morgan fingerprint density at radius 2 is 1.56 bits per heavy atom. The van der Waals surface area contributed by atoms with Crippen molar-refractivity contribution in [3.63, 3.8) is 0 Å². The number of carbonyl (C=O) groups is 1. The highest BCUT2D eigenvalue weighted by Gasteiger charge is 2.36. The van der Waals surface area contributed by atoms with E-state index in [0.717, 1.165) is 12.1 Å². The van der Waals surface area contributed by atoms with Gasteiger partial charge in [-0.3, -0.25) is 4.79 Å². The van der Waals surface area contributed by atoms with Crippen molar-refractivity contribution in [2.45, 2.75) is 49.1 Å². The minimum absolute atomic E-state index is 0.0203. The van der Waals surface area contributed by atoms with Gasteiger partial charge in [0.25, 0.3) is 5.91 Å². The number of alkyl halides is 6. The Hall–Kier alpha value is -3.58. The molecule has 0 aliphatic carbocycles. The third kappa shape index (κ3) is 8.50. The maximum atomic E-state index is 13.0. The fourth-order valence-corrected chi connectivity index (χ4v) is 5.84. The Morgan fingerprint density at radius 3 is 2.12 bits per heavy atom. The molecule has 1 aliphatic rings. The van der Waals surface area contributed by atoms with Gasteiger partial charge in [-0.05, 0) is 66.1 Å². The second kappa shape index (κ2) is 13.0. The van der Waals surface area contributed by atoms with Crippen LogP contribution in [0.3, 0.4) is 0 Å². The van der Waals surface area contributed by atoms with Gasteiger partial charge in [0.15, 0.2) is 9.84 Å². The molecule has 43 heavy (non-hydrogen) atoms. The van der Waals surface area contributed by atoms with Crippen LogP contribution in [0.1, 0.15) is 46.3 Å². The van der Waals surface area contributed by atoms with Gasteiger partial charge in [-0.1, -0.05) is 31.2 Å². The maximum absolute atomic E-state index is 13.0. The van der Waals surface area contributed by atoms with Crippen LogP contribution >= 0.6 is 0 Å². The number of rotatable bonds is 10. The SMILES string of the molecule is CCS(=O)(=O)c1ccc(CNC(=O)c2ccc(N3CC(c4ccc(C(F)(F)F)cc4)C[C@H]3COCC(F)(F)F)cc2)cc1. The molecule has 4 rings (SSSR count). The zero-order valence-electron chi connectivity index (χ0n) is 23.1. The zero-order chi connectivity index (χ0) is 31.4. The van der Waals surface area contributed by atoms with E-state index in [9.17, 15) is 39.6 Å². The molecule has 2 atom stereocenters. The molecule has 0 bridgehead atoms. The van der Waals surface area contributed by atoms with Gasteiger partial charge >= 0.3 is 12.4 Å². The normalized spacial score (nSPS) is 17.7. The van der Waals surface area contributed by atoms with Crippen LogP contribution in [-0.2, 0) is 27.3 Å². The Balaban J connectivity index is 1.43. The Bertz CT molecular complexity index is 1490. The number of carbonyl (C=O) groups excluding carboxylic acids is 1. The third-order valence-electron chi connectivity index (χ3n) is 7.28. The van der Waals surface area contributed by atoms with E-state index in [-0.39, 0.29) is 35.6 Å². The van der Waals surface area contributed by atoms with Crippen molar-refractivity contribution in [2.24, 2.45) is 0 Å². The number of sulfone groups is 1. The number of hydrogen-bond donors (Lipinski definition) is 1. The highest BCUT2D eigenvalue weighted by Crippen LogP contribution is 2.37. The molecule has 1 amide bonds. The first-order chi connectivity index (χ1) is 20.2. The number of halogens is 6. The largest absolute Gasteiger partial charge is 0.416 e. The molecule has 1 aliphatic heterocycles. The summed E-state index contributed by atoms with van der Waals surface area (Å²) in [5.41, 5.74) is 1.50. The standard InChI is InChI=1S/C30H30F6N2O4S/c1-2-43(40,41)27-13-3-20(4-14-27)16-37-28(39)22-7-11-25(12-8-22)38-17-23(15-26(38)18-42-19-29(31,32)33)21-5-9-24(10-6-21)30(34,35)36/h3-14,23,26H,2,15-19H2,1H3,(H,37,39)/t23?,26-/m0/s1. The van der Waals surface area contributed by atoms with Gasteiger partial charge in [-0.25, -0.2) is 8.42 Å². The van der Waals surface area contributed by atoms with Gasteiger partial charge in [0.05, 0.1) is 28.9 Å². The smallest absolute Gasteiger partial charge is 0.370 e. The lowest BCUT2D eigenvalue weighted by molar-refractivity contribution is -0.174. The van der Waals surface area contributed by atoms with E-state index in [1.165, 1.54) is 24.3 Å². The molecule has 232 valence electrons. The quantitative estimate of drug-likeness (QED) is 0.264. The molecule has 3 aromatic rings. The molecule has 0 spiro atoms. The second-order valence-corrected chi connectivity index (χ2v) is 12.5. The summed E-state index contributed by atoms with van der Waals surface area (Å²) in [6, 6.07) is 16.9. The molecular formula is C30H30F6N2O4S. The summed E-state index contributed by atoms with van der Waals surface area (Å²) >= 11 is 0. The number of amides is 1. The summed E-state index contributed by atoms with van der Waals surface area (Å²) in [5, 5.41) is 2.76. The molecule has 0 aromatic heterocycles. The van der Waals surface area contributed by atoms with Crippen LogP contribution < -0.4 is 10.2 Å². The molecule has 1 saturated heterocycles. The highest BCUT2D eigenvalue weighted by molar-refractivity contribution is 7.91. The third-order valence-corrected chi connectivity index (χ3v) is 9.03. The fourth-order valence-electron chi connectivity index (χ4n) is 4.96. The van der Waals surface area contributed by atoms with E-state index >= 15 is 0 Å². The van der Waals surface area contributed by atoms with Gasteiger partial charge in [0.1, 0.15) is 6.61 Å². The Labute approximate surface area is 245 Å². The summed E-state index contributed by atoms with van der Waals surface area (Å²) in [7, 11) is -3.33. The van der Waals surface area contributed by atoms with E-state index in [4.69, 9.17) is 4.74 Å². The molecular weight excluding hydrogens is 598 g/mol. The summed E-state index contributed by atoms with van der Waals surface area (Å²) < 4.78 is 106. The first-order valence-electron chi connectivity index (χ1n) is 13.4. The minimum Gasteiger partial charge on any atom is -0.370 e. The molecule has 13 heteroatoms. The fraction of sp³-hybridized carbons (Fsp3) is 0.367. The first kappa shape index (κ1) is 32.3. The van der Waals surface area contributed by atoms with Crippen molar-refractivity contribution in [1.29, 1.82) is 0 Å². The van der Waals surface area contributed by atoms with E-state index in [2.05, 4.69) is 5.32 Å². The molecule has 3 aromatic carbocycles. The van der Waals surface area contributed by atoms with Gasteiger partial charge in [-0.2, -0.15) is 26.3 Å². The molecule has 1 fully saturated rings. The number of hydrogen-bond acceptors (Lipinski definition) is 5. The first-order valence-corrected chi connectivity index (χ1v) is 15.1. The lowest BCUT2D eigenvalue weighted by Gasteiger charge is -2.27. The minimum atomic E-state index is -4.50. The Kier molecular flexibility index (Phi) is 9.75. The van der Waals surface area contributed by atoms with Gasteiger partial charge in [-0.15, -0.1) is 0 Å². The molecule has 1 unspecified atom stereocenters. The number of benzene rings is 3. The number of nitrogens with zero attached hydrogens (tertiary/aromatic N) is 1. The average Bonchev–Trinajstić information content (AvgIpc) is 3.39. The molecule has 0 saturated carbocycles. The van der Waals surface area contributed by atoms with Crippen LogP contribution in [-0.4, -0.2) is 52.1 Å². The van der Waals surface area contributed by atoms with Crippen molar-refractivity contribution >= 4 is 21.4 Å². The van der Waals surface area contributed by atoms with Crippen molar-refractivity contribution in [3.05, 3.63) is 95.1 Å². The average molecular weight is 629 g/mol.